The van der Waals surface area contributed by atoms with Crippen LogP contribution in [-0.4, -0.2) is 45.4 Å². The molecule has 0 spiro atoms. The summed E-state index contributed by atoms with van der Waals surface area (Å²) in [6.07, 6.45) is 2.20. The van der Waals surface area contributed by atoms with Crippen LogP contribution in [0.25, 0.3) is 0 Å². The average Bonchev–Trinajstić information content (AvgIpc) is 2.71. The van der Waals surface area contributed by atoms with Crippen molar-refractivity contribution in [3.8, 4) is 0 Å². The Labute approximate surface area is 206 Å². The number of nitrogens with zero attached hydrogens (tertiary/aromatic N) is 2. The van der Waals surface area contributed by atoms with E-state index in [0.717, 1.165) is 29.4 Å². The Morgan fingerprint density at radius 2 is 1.67 bits per heavy atom. The third-order valence-corrected chi connectivity index (χ3v) is 7.83. The molecule has 2 aromatic rings. The molecule has 2 unspecified atom stereocenters. The fraction of sp³-hybridized carbons (Fsp3) is 0.458. The maximum absolute atomic E-state index is 12.8. The number of fused-ring (bicyclic) bond motifs is 1. The van der Waals surface area contributed by atoms with E-state index in [1.165, 1.54) is 11.4 Å². The summed E-state index contributed by atoms with van der Waals surface area (Å²) in [5.41, 5.74) is 2.84. The minimum Gasteiger partial charge on any atom is -0.444 e. The highest BCUT2D eigenvalue weighted by Crippen LogP contribution is 2.45. The van der Waals surface area contributed by atoms with Crippen LogP contribution in [0.1, 0.15) is 62.3 Å². The number of sulfonamides is 1. The smallest absolute Gasteiger partial charge is 0.410 e. The van der Waals surface area contributed by atoms with Gasteiger partial charge < -0.3 is 9.64 Å². The van der Waals surface area contributed by atoms with Gasteiger partial charge in [-0.25, -0.2) is 13.2 Å². The zero-order chi connectivity index (χ0) is 24.7. The molecule has 0 aromatic heterocycles. The fourth-order valence-corrected chi connectivity index (χ4v) is 4.93. The van der Waals surface area contributed by atoms with Gasteiger partial charge in [0.15, 0.2) is 0 Å². The van der Waals surface area contributed by atoms with Gasteiger partial charge in [0.1, 0.15) is 5.60 Å². The Morgan fingerprint density at radius 3 is 2.24 bits per heavy atom. The number of rotatable bonds is 4. The molecule has 1 aliphatic rings. The zero-order valence-corrected chi connectivity index (χ0v) is 22.1. The monoisotopic (exact) mass is 512 g/mol. The number of hydrogen-bond donors (Lipinski definition) is 0. The molecule has 3 rings (SSSR count). The molecule has 180 valence electrons. The summed E-state index contributed by atoms with van der Waals surface area (Å²) in [6.45, 7) is 5.48. The van der Waals surface area contributed by atoms with Crippen LogP contribution in [0.3, 0.4) is 0 Å². The average molecular weight is 513 g/mol. The van der Waals surface area contributed by atoms with E-state index in [1.54, 1.807) is 24.1 Å². The molecule has 0 N–H and O–H groups in total. The Balaban J connectivity index is 2.09. The summed E-state index contributed by atoms with van der Waals surface area (Å²) in [5.74, 6) is 0.0376. The Hall–Kier alpha value is -1.96. The van der Waals surface area contributed by atoms with E-state index < -0.39 is 21.7 Å². The van der Waals surface area contributed by atoms with E-state index in [9.17, 15) is 13.2 Å². The molecule has 0 bridgehead atoms. The first-order valence-electron chi connectivity index (χ1n) is 10.7. The molecule has 0 fully saturated rings. The SMILES string of the molecule is CN(C(=O)OC(C)(C)C)C1CCC(c2ccc(Cl)c(Cl)c2)c2ccc(N(C)S(C)(=O)=O)cc21. The minimum atomic E-state index is -3.44. The summed E-state index contributed by atoms with van der Waals surface area (Å²) in [4.78, 5) is 14.4. The van der Waals surface area contributed by atoms with Crippen LogP contribution in [0.15, 0.2) is 36.4 Å². The van der Waals surface area contributed by atoms with Crippen molar-refractivity contribution in [2.75, 3.05) is 24.7 Å². The third kappa shape index (κ3) is 5.76. The van der Waals surface area contributed by atoms with Gasteiger partial charge in [-0.3, -0.25) is 4.31 Å². The van der Waals surface area contributed by atoms with Crippen LogP contribution in [0.4, 0.5) is 10.5 Å². The first-order chi connectivity index (χ1) is 15.2. The fourth-order valence-electron chi connectivity index (χ4n) is 4.13. The Bertz CT molecular complexity index is 1160. The second-order valence-corrected chi connectivity index (χ2v) is 12.3. The van der Waals surface area contributed by atoms with E-state index in [-0.39, 0.29) is 12.0 Å². The summed E-state index contributed by atoms with van der Waals surface area (Å²) in [7, 11) is -0.207. The molecule has 0 saturated carbocycles. The number of ether oxygens (including phenoxy) is 1. The molecule has 0 saturated heterocycles. The largest absolute Gasteiger partial charge is 0.444 e. The van der Waals surface area contributed by atoms with Crippen molar-refractivity contribution in [1.82, 2.24) is 4.90 Å². The molecular formula is C24H30Cl2N2O4S. The number of anilines is 1. The number of carbonyl (C=O) groups excluding carboxylic acids is 1. The van der Waals surface area contributed by atoms with Crippen molar-refractivity contribution in [1.29, 1.82) is 0 Å². The van der Waals surface area contributed by atoms with Crippen LogP contribution in [0.5, 0.6) is 0 Å². The zero-order valence-electron chi connectivity index (χ0n) is 19.7. The second kappa shape index (κ2) is 9.35. The van der Waals surface area contributed by atoms with Crippen molar-refractivity contribution >= 4 is 45.0 Å². The predicted octanol–water partition coefficient (Wildman–Crippen LogP) is 6.22. The predicted molar refractivity (Wildman–Crippen MR) is 134 cm³/mol. The van der Waals surface area contributed by atoms with Gasteiger partial charge >= 0.3 is 6.09 Å². The topological polar surface area (TPSA) is 66.9 Å². The molecule has 2 atom stereocenters. The lowest BCUT2D eigenvalue weighted by Gasteiger charge is -2.38. The summed E-state index contributed by atoms with van der Waals surface area (Å²) in [5, 5.41) is 0.973. The molecule has 6 nitrogen and oxygen atoms in total. The summed E-state index contributed by atoms with van der Waals surface area (Å²) < 4.78 is 31.1. The van der Waals surface area contributed by atoms with Gasteiger partial charge in [0.2, 0.25) is 10.0 Å². The molecule has 0 heterocycles. The molecule has 9 heteroatoms. The van der Waals surface area contributed by atoms with Crippen LogP contribution in [0, 0.1) is 0 Å². The van der Waals surface area contributed by atoms with Gasteiger partial charge in [-0.1, -0.05) is 35.3 Å². The molecule has 33 heavy (non-hydrogen) atoms. The van der Waals surface area contributed by atoms with Crippen molar-refractivity contribution in [2.45, 2.75) is 51.2 Å². The Morgan fingerprint density at radius 1 is 1.00 bits per heavy atom. The first-order valence-corrected chi connectivity index (χ1v) is 13.3. The minimum absolute atomic E-state index is 0.0376. The van der Waals surface area contributed by atoms with Crippen LogP contribution in [-0.2, 0) is 14.8 Å². The van der Waals surface area contributed by atoms with Gasteiger partial charge in [0.05, 0.1) is 28.0 Å². The first kappa shape index (κ1) is 25.7. The third-order valence-electron chi connectivity index (χ3n) is 5.89. The van der Waals surface area contributed by atoms with Crippen LogP contribution >= 0.6 is 23.2 Å². The quantitative estimate of drug-likeness (QED) is 0.487. The number of amides is 1. The maximum Gasteiger partial charge on any atom is 0.410 e. The van der Waals surface area contributed by atoms with Gasteiger partial charge in [0.25, 0.3) is 0 Å². The number of hydrogen-bond acceptors (Lipinski definition) is 4. The second-order valence-electron chi connectivity index (χ2n) is 9.45. The lowest BCUT2D eigenvalue weighted by molar-refractivity contribution is 0.0202. The Kier molecular flexibility index (Phi) is 7.27. The molecule has 1 aliphatic carbocycles. The van der Waals surface area contributed by atoms with Crippen molar-refractivity contribution in [2.24, 2.45) is 0 Å². The van der Waals surface area contributed by atoms with E-state index in [2.05, 4.69) is 0 Å². The van der Waals surface area contributed by atoms with Crippen molar-refractivity contribution in [3.05, 3.63) is 63.1 Å². The lowest BCUT2D eigenvalue weighted by atomic mass is 9.76. The van der Waals surface area contributed by atoms with Crippen molar-refractivity contribution < 1.29 is 17.9 Å². The standard InChI is InChI=1S/C24H30Cl2N2O4S/c1-24(2,3)32-23(29)27(4)22-12-10-17(15-7-11-20(25)21(26)13-15)18-9-8-16(14-19(18)22)28(5)33(6,30)31/h7-9,11,13-14,17,22H,10,12H2,1-6H3. The van der Waals surface area contributed by atoms with Crippen LogP contribution < -0.4 is 4.31 Å². The highest BCUT2D eigenvalue weighted by molar-refractivity contribution is 7.92. The van der Waals surface area contributed by atoms with Gasteiger partial charge in [0, 0.05) is 20.0 Å². The molecular weight excluding hydrogens is 483 g/mol. The van der Waals surface area contributed by atoms with E-state index >= 15 is 0 Å². The van der Waals surface area contributed by atoms with Gasteiger partial charge in [-0.2, -0.15) is 0 Å². The highest BCUT2D eigenvalue weighted by atomic mass is 35.5. The summed E-state index contributed by atoms with van der Waals surface area (Å²) >= 11 is 12.4. The molecule has 2 aromatic carbocycles. The van der Waals surface area contributed by atoms with Crippen molar-refractivity contribution in [3.63, 3.8) is 0 Å². The number of benzene rings is 2. The molecule has 0 radical (unpaired) electrons. The van der Waals surface area contributed by atoms with E-state index in [1.807, 2.05) is 45.0 Å². The maximum atomic E-state index is 12.8. The van der Waals surface area contributed by atoms with Gasteiger partial charge in [-0.05, 0) is 74.6 Å². The summed E-state index contributed by atoms with van der Waals surface area (Å²) in [6, 6.07) is 10.9. The highest BCUT2D eigenvalue weighted by Gasteiger charge is 2.34. The number of carbonyl (C=O) groups is 1. The number of halogens is 2. The van der Waals surface area contributed by atoms with E-state index in [4.69, 9.17) is 27.9 Å². The lowest BCUT2D eigenvalue weighted by Crippen LogP contribution is -2.38. The van der Waals surface area contributed by atoms with Gasteiger partial charge in [-0.15, -0.1) is 0 Å². The molecule has 1 amide bonds. The van der Waals surface area contributed by atoms with Crippen LogP contribution in [0.2, 0.25) is 10.0 Å². The normalized spacial score (nSPS) is 18.4. The molecule has 0 aliphatic heterocycles. The van der Waals surface area contributed by atoms with E-state index in [0.29, 0.717) is 22.2 Å².